The molecule has 1 heterocycles. The number of nitrogens with one attached hydrogen (secondary N) is 1. The summed E-state index contributed by atoms with van der Waals surface area (Å²) < 4.78 is 0. The Bertz CT molecular complexity index is 180. The monoisotopic (exact) mass is 246 g/mol. The van der Waals surface area contributed by atoms with Gasteiger partial charge in [0.15, 0.2) is 0 Å². The van der Waals surface area contributed by atoms with E-state index in [2.05, 4.69) is 24.1 Å². The van der Waals surface area contributed by atoms with Crippen LogP contribution < -0.4 is 5.32 Å². The molecule has 0 saturated carbocycles. The Morgan fingerprint density at radius 3 is 2.44 bits per heavy atom. The van der Waals surface area contributed by atoms with E-state index in [1.54, 1.807) is 0 Å². The van der Waals surface area contributed by atoms with Gasteiger partial charge in [-0.25, -0.2) is 0 Å². The Balaban J connectivity index is 2.09. The van der Waals surface area contributed by atoms with Crippen molar-refractivity contribution in [2.75, 3.05) is 44.2 Å². The van der Waals surface area contributed by atoms with Crippen LogP contribution in [-0.4, -0.2) is 59.8 Å². The maximum atomic E-state index is 10.3. The number of rotatable bonds is 7. The number of nitrogens with zero attached hydrogens (tertiary/aromatic N) is 1. The number of hydrogen-bond donors (Lipinski definition) is 2. The van der Waals surface area contributed by atoms with Gasteiger partial charge < -0.3 is 15.3 Å². The van der Waals surface area contributed by atoms with Gasteiger partial charge in [0, 0.05) is 18.1 Å². The maximum absolute atomic E-state index is 10.3. The first kappa shape index (κ1) is 14.3. The minimum absolute atomic E-state index is 0.404. The van der Waals surface area contributed by atoms with Crippen molar-refractivity contribution in [3.8, 4) is 0 Å². The molecule has 1 aliphatic heterocycles. The zero-order valence-corrected chi connectivity index (χ0v) is 11.5. The van der Waals surface area contributed by atoms with Crippen molar-refractivity contribution in [1.29, 1.82) is 0 Å². The molecule has 1 aliphatic rings. The minimum atomic E-state index is -0.404. The third-order valence-electron chi connectivity index (χ3n) is 3.35. The molecule has 0 aromatic carbocycles. The van der Waals surface area contributed by atoms with Gasteiger partial charge in [0.1, 0.15) is 0 Å². The molecular weight excluding hydrogens is 220 g/mol. The van der Waals surface area contributed by atoms with Crippen LogP contribution in [0.5, 0.6) is 0 Å². The Labute approximate surface area is 104 Å². The first-order chi connectivity index (χ1) is 7.70. The highest BCUT2D eigenvalue weighted by atomic mass is 32.2. The molecule has 0 unspecified atom stereocenters. The molecule has 0 spiro atoms. The van der Waals surface area contributed by atoms with Crippen LogP contribution in [-0.2, 0) is 0 Å². The van der Waals surface area contributed by atoms with Crippen LogP contribution in [0.1, 0.15) is 26.7 Å². The highest BCUT2D eigenvalue weighted by Gasteiger charge is 2.28. The molecule has 0 bridgehead atoms. The smallest absolute Gasteiger partial charge is 0.0761 e. The maximum Gasteiger partial charge on any atom is 0.0761 e. The average molecular weight is 246 g/mol. The van der Waals surface area contributed by atoms with E-state index < -0.39 is 5.60 Å². The summed E-state index contributed by atoms with van der Waals surface area (Å²) in [5, 5.41) is 13.6. The normalized spacial score (nSPS) is 20.2. The van der Waals surface area contributed by atoms with Gasteiger partial charge in [-0.15, -0.1) is 0 Å². The number of piperidine rings is 1. The van der Waals surface area contributed by atoms with Gasteiger partial charge in [-0.1, -0.05) is 13.8 Å². The van der Waals surface area contributed by atoms with Gasteiger partial charge in [-0.2, -0.15) is 11.8 Å². The molecule has 0 aromatic heterocycles. The molecular formula is C12H26N2OS. The van der Waals surface area contributed by atoms with Crippen molar-refractivity contribution in [3.05, 3.63) is 0 Å². The van der Waals surface area contributed by atoms with E-state index in [1.165, 1.54) is 0 Å². The Morgan fingerprint density at radius 1 is 1.25 bits per heavy atom. The molecule has 4 heteroatoms. The molecule has 2 N–H and O–H groups in total. The molecule has 3 nitrogen and oxygen atoms in total. The van der Waals surface area contributed by atoms with E-state index in [1.807, 2.05) is 11.8 Å². The Hall–Kier alpha value is 0.230. The standard InChI is InChI=1S/C12H26N2OS/c1-3-14(4-2)9-10-16-11-12(15)5-7-13-8-6-12/h13,15H,3-11H2,1-2H3. The molecule has 1 fully saturated rings. The van der Waals surface area contributed by atoms with Crippen LogP contribution in [0, 0.1) is 0 Å². The van der Waals surface area contributed by atoms with Gasteiger partial charge in [0.2, 0.25) is 0 Å². The fourth-order valence-electron chi connectivity index (χ4n) is 2.03. The highest BCUT2D eigenvalue weighted by Crippen LogP contribution is 2.23. The van der Waals surface area contributed by atoms with Crippen LogP contribution in [0.4, 0.5) is 0 Å². The van der Waals surface area contributed by atoms with Crippen molar-refractivity contribution >= 4 is 11.8 Å². The van der Waals surface area contributed by atoms with E-state index in [9.17, 15) is 5.11 Å². The van der Waals surface area contributed by atoms with E-state index >= 15 is 0 Å². The summed E-state index contributed by atoms with van der Waals surface area (Å²) in [6.07, 6.45) is 1.82. The summed E-state index contributed by atoms with van der Waals surface area (Å²) in [5.41, 5.74) is -0.404. The van der Waals surface area contributed by atoms with Gasteiger partial charge in [0.05, 0.1) is 5.60 Å². The van der Waals surface area contributed by atoms with Crippen LogP contribution in [0.2, 0.25) is 0 Å². The van der Waals surface area contributed by atoms with Gasteiger partial charge in [-0.3, -0.25) is 0 Å². The Kier molecular flexibility index (Phi) is 6.73. The van der Waals surface area contributed by atoms with Gasteiger partial charge in [-0.05, 0) is 39.0 Å². The third kappa shape index (κ3) is 5.04. The van der Waals surface area contributed by atoms with Crippen LogP contribution >= 0.6 is 11.8 Å². The number of aliphatic hydroxyl groups is 1. The lowest BCUT2D eigenvalue weighted by Gasteiger charge is -2.32. The SMILES string of the molecule is CCN(CC)CCSCC1(O)CCNCC1. The zero-order chi connectivity index (χ0) is 11.9. The summed E-state index contributed by atoms with van der Waals surface area (Å²) in [5.74, 6) is 2.04. The first-order valence-electron chi connectivity index (χ1n) is 6.43. The molecule has 0 aromatic rings. The summed E-state index contributed by atoms with van der Waals surface area (Å²) in [6, 6.07) is 0. The third-order valence-corrected chi connectivity index (χ3v) is 4.56. The molecule has 0 amide bonds. The van der Waals surface area contributed by atoms with Crippen LogP contribution in [0.25, 0.3) is 0 Å². The Morgan fingerprint density at radius 2 is 1.88 bits per heavy atom. The van der Waals surface area contributed by atoms with E-state index in [0.717, 1.165) is 57.1 Å². The van der Waals surface area contributed by atoms with Crippen molar-refractivity contribution in [2.24, 2.45) is 0 Å². The summed E-state index contributed by atoms with van der Waals surface area (Å²) in [7, 11) is 0. The quantitative estimate of drug-likeness (QED) is 0.661. The molecule has 0 atom stereocenters. The fourth-order valence-corrected chi connectivity index (χ4v) is 3.23. The zero-order valence-electron chi connectivity index (χ0n) is 10.7. The highest BCUT2D eigenvalue weighted by molar-refractivity contribution is 7.99. The van der Waals surface area contributed by atoms with E-state index in [0.29, 0.717) is 0 Å². The van der Waals surface area contributed by atoms with Gasteiger partial charge >= 0.3 is 0 Å². The number of hydrogen-bond acceptors (Lipinski definition) is 4. The molecule has 1 rings (SSSR count). The van der Waals surface area contributed by atoms with Gasteiger partial charge in [0.25, 0.3) is 0 Å². The topological polar surface area (TPSA) is 35.5 Å². The summed E-state index contributed by atoms with van der Waals surface area (Å²) >= 11 is 1.90. The van der Waals surface area contributed by atoms with Crippen molar-refractivity contribution in [1.82, 2.24) is 10.2 Å². The second-order valence-corrected chi connectivity index (χ2v) is 5.66. The molecule has 16 heavy (non-hydrogen) atoms. The summed E-state index contributed by atoms with van der Waals surface area (Å²) in [4.78, 5) is 2.43. The fraction of sp³-hybridized carbons (Fsp3) is 1.00. The van der Waals surface area contributed by atoms with Crippen LogP contribution in [0.3, 0.4) is 0 Å². The van der Waals surface area contributed by atoms with Crippen LogP contribution in [0.15, 0.2) is 0 Å². The second kappa shape index (κ2) is 7.54. The van der Waals surface area contributed by atoms with Crippen molar-refractivity contribution in [3.63, 3.8) is 0 Å². The average Bonchev–Trinajstić information content (AvgIpc) is 2.30. The van der Waals surface area contributed by atoms with Crippen molar-refractivity contribution in [2.45, 2.75) is 32.3 Å². The largest absolute Gasteiger partial charge is 0.389 e. The molecule has 96 valence electrons. The predicted molar refractivity (Wildman–Crippen MR) is 72.2 cm³/mol. The second-order valence-electron chi connectivity index (χ2n) is 4.55. The van der Waals surface area contributed by atoms with E-state index in [-0.39, 0.29) is 0 Å². The molecule has 0 radical (unpaired) electrons. The lowest BCUT2D eigenvalue weighted by atomic mass is 9.95. The molecule has 0 aliphatic carbocycles. The number of thioether (sulfide) groups is 1. The van der Waals surface area contributed by atoms with E-state index in [4.69, 9.17) is 0 Å². The predicted octanol–water partition coefficient (Wildman–Crippen LogP) is 1.18. The van der Waals surface area contributed by atoms with Crippen molar-refractivity contribution < 1.29 is 5.11 Å². The lowest BCUT2D eigenvalue weighted by Crippen LogP contribution is -2.43. The first-order valence-corrected chi connectivity index (χ1v) is 7.59. The molecule has 1 saturated heterocycles. The minimum Gasteiger partial charge on any atom is -0.389 e. The summed E-state index contributed by atoms with van der Waals surface area (Å²) in [6.45, 7) is 9.74. The lowest BCUT2D eigenvalue weighted by molar-refractivity contribution is 0.0339.